The number of hydrogen-bond acceptors (Lipinski definition) is 4. The monoisotopic (exact) mass is 252 g/mol. The fourth-order valence-electron chi connectivity index (χ4n) is 1.51. The molecule has 0 radical (unpaired) electrons. The van der Waals surface area contributed by atoms with E-state index in [0.29, 0.717) is 30.2 Å². The molecule has 0 spiro atoms. The van der Waals surface area contributed by atoms with E-state index in [1.165, 1.54) is 23.5 Å². The molecule has 2 aromatic rings. The minimum absolute atomic E-state index is 0.300. The number of benzene rings is 1. The van der Waals surface area contributed by atoms with E-state index in [1.54, 1.807) is 6.07 Å². The van der Waals surface area contributed by atoms with Crippen LogP contribution in [0.3, 0.4) is 0 Å². The molecule has 0 unspecified atom stereocenters. The summed E-state index contributed by atoms with van der Waals surface area (Å²) in [5.41, 5.74) is 6.89. The second kappa shape index (κ2) is 5.25. The van der Waals surface area contributed by atoms with Crippen molar-refractivity contribution in [2.24, 2.45) is 5.73 Å². The summed E-state index contributed by atoms with van der Waals surface area (Å²) in [6, 6.07) is 4.43. The van der Waals surface area contributed by atoms with Gasteiger partial charge in [0.25, 0.3) is 0 Å². The molecule has 5 heteroatoms. The van der Waals surface area contributed by atoms with Gasteiger partial charge < -0.3 is 10.5 Å². The van der Waals surface area contributed by atoms with Crippen molar-refractivity contribution in [1.82, 2.24) is 4.98 Å². The molecule has 3 nitrogen and oxygen atoms in total. The largest absolute Gasteiger partial charge is 0.493 e. The zero-order valence-electron chi connectivity index (χ0n) is 9.44. The highest BCUT2D eigenvalue weighted by atomic mass is 32.1. The molecule has 0 saturated carbocycles. The Labute approximate surface area is 103 Å². The molecule has 90 valence electrons. The van der Waals surface area contributed by atoms with Gasteiger partial charge in [0.05, 0.1) is 12.3 Å². The molecule has 0 saturated heterocycles. The average molecular weight is 252 g/mol. The van der Waals surface area contributed by atoms with E-state index in [-0.39, 0.29) is 5.82 Å². The van der Waals surface area contributed by atoms with Gasteiger partial charge >= 0.3 is 0 Å². The number of ether oxygens (including phenoxy) is 1. The van der Waals surface area contributed by atoms with Gasteiger partial charge in [0.1, 0.15) is 16.6 Å². The maximum absolute atomic E-state index is 13.3. The highest BCUT2D eigenvalue weighted by molar-refractivity contribution is 7.09. The topological polar surface area (TPSA) is 48.1 Å². The van der Waals surface area contributed by atoms with E-state index in [9.17, 15) is 4.39 Å². The van der Waals surface area contributed by atoms with Gasteiger partial charge in [-0.15, -0.1) is 11.3 Å². The molecule has 0 aliphatic carbocycles. The summed E-state index contributed by atoms with van der Waals surface area (Å²) >= 11 is 1.46. The third-order valence-electron chi connectivity index (χ3n) is 2.24. The lowest BCUT2D eigenvalue weighted by Crippen LogP contribution is -1.97. The van der Waals surface area contributed by atoms with E-state index in [2.05, 4.69) is 4.98 Å². The number of hydrogen-bond donors (Lipinski definition) is 1. The van der Waals surface area contributed by atoms with Crippen molar-refractivity contribution in [3.63, 3.8) is 0 Å². The molecule has 2 N–H and O–H groups in total. The Morgan fingerprint density at radius 2 is 2.29 bits per heavy atom. The minimum atomic E-state index is -0.300. The van der Waals surface area contributed by atoms with Crippen LogP contribution >= 0.6 is 11.3 Å². The smallest absolute Gasteiger partial charge is 0.128 e. The maximum Gasteiger partial charge on any atom is 0.128 e. The average Bonchev–Trinajstić information content (AvgIpc) is 2.80. The van der Waals surface area contributed by atoms with E-state index < -0.39 is 0 Å². The second-order valence-corrected chi connectivity index (χ2v) is 4.35. The molecule has 0 fully saturated rings. The molecular formula is C12H13FN2OS. The van der Waals surface area contributed by atoms with E-state index in [4.69, 9.17) is 10.5 Å². The Morgan fingerprint density at radius 1 is 1.47 bits per heavy atom. The molecule has 1 aromatic heterocycles. The molecule has 1 aromatic carbocycles. The summed E-state index contributed by atoms with van der Waals surface area (Å²) in [6.45, 7) is 2.82. The van der Waals surface area contributed by atoms with Crippen LogP contribution in [0.1, 0.15) is 11.9 Å². The van der Waals surface area contributed by atoms with Crippen molar-refractivity contribution in [3.8, 4) is 17.0 Å². The van der Waals surface area contributed by atoms with Crippen molar-refractivity contribution in [2.45, 2.75) is 13.5 Å². The lowest BCUT2D eigenvalue weighted by molar-refractivity contribution is 0.341. The summed E-state index contributed by atoms with van der Waals surface area (Å²) in [7, 11) is 0. The maximum atomic E-state index is 13.3. The van der Waals surface area contributed by atoms with Crippen LogP contribution in [0.4, 0.5) is 4.39 Å². The summed E-state index contributed by atoms with van der Waals surface area (Å²) in [4.78, 5) is 4.33. The van der Waals surface area contributed by atoms with Gasteiger partial charge in [0.15, 0.2) is 0 Å². The number of thiazole rings is 1. The summed E-state index contributed by atoms with van der Waals surface area (Å²) in [5, 5.41) is 2.69. The molecule has 0 amide bonds. The lowest BCUT2D eigenvalue weighted by atomic mass is 10.1. The van der Waals surface area contributed by atoms with Crippen LogP contribution in [-0.2, 0) is 6.54 Å². The molecule has 0 aliphatic rings. The van der Waals surface area contributed by atoms with Crippen molar-refractivity contribution >= 4 is 11.3 Å². The Morgan fingerprint density at radius 3 is 2.94 bits per heavy atom. The first-order valence-corrected chi connectivity index (χ1v) is 6.19. The van der Waals surface area contributed by atoms with Gasteiger partial charge in [0, 0.05) is 17.5 Å². The molecule has 0 aliphatic heterocycles. The fraction of sp³-hybridized carbons (Fsp3) is 0.250. The molecular weight excluding hydrogens is 239 g/mol. The van der Waals surface area contributed by atoms with Crippen molar-refractivity contribution in [1.29, 1.82) is 0 Å². The quantitative estimate of drug-likeness (QED) is 0.910. The van der Waals surface area contributed by atoms with Crippen LogP contribution in [0.2, 0.25) is 0 Å². The lowest BCUT2D eigenvalue weighted by Gasteiger charge is -2.08. The summed E-state index contributed by atoms with van der Waals surface area (Å²) in [6.07, 6.45) is 0. The van der Waals surface area contributed by atoms with Gasteiger partial charge in [0.2, 0.25) is 0 Å². The van der Waals surface area contributed by atoms with E-state index >= 15 is 0 Å². The normalized spacial score (nSPS) is 10.5. The SMILES string of the molecule is CCOc1ccc(F)cc1-c1csc(CN)n1. The Balaban J connectivity index is 2.44. The summed E-state index contributed by atoms with van der Waals surface area (Å²) < 4.78 is 18.7. The van der Waals surface area contributed by atoms with Gasteiger partial charge in [-0.05, 0) is 25.1 Å². The zero-order valence-corrected chi connectivity index (χ0v) is 10.3. The first-order valence-electron chi connectivity index (χ1n) is 5.31. The first-order chi connectivity index (χ1) is 8.24. The zero-order chi connectivity index (χ0) is 12.3. The van der Waals surface area contributed by atoms with Crippen LogP contribution < -0.4 is 10.5 Å². The minimum Gasteiger partial charge on any atom is -0.493 e. The van der Waals surface area contributed by atoms with Crippen LogP contribution in [-0.4, -0.2) is 11.6 Å². The van der Waals surface area contributed by atoms with Crippen LogP contribution in [0, 0.1) is 5.82 Å². The summed E-state index contributed by atoms with van der Waals surface area (Å²) in [5.74, 6) is 0.341. The number of rotatable bonds is 4. The van der Waals surface area contributed by atoms with Crippen LogP contribution in [0.5, 0.6) is 5.75 Å². The fourth-order valence-corrected chi connectivity index (χ4v) is 2.19. The Kier molecular flexibility index (Phi) is 3.71. The molecule has 0 bridgehead atoms. The number of nitrogens with zero attached hydrogens (tertiary/aromatic N) is 1. The van der Waals surface area contributed by atoms with Crippen molar-refractivity contribution in [2.75, 3.05) is 6.61 Å². The standard InChI is InChI=1S/C12H13FN2OS/c1-2-16-11-4-3-8(13)5-9(11)10-7-17-12(6-14)15-10/h3-5,7H,2,6,14H2,1H3. The second-order valence-electron chi connectivity index (χ2n) is 3.40. The highest BCUT2D eigenvalue weighted by Crippen LogP contribution is 2.31. The molecule has 2 rings (SSSR count). The third-order valence-corrected chi connectivity index (χ3v) is 3.11. The Bertz CT molecular complexity index is 513. The molecule has 17 heavy (non-hydrogen) atoms. The van der Waals surface area contributed by atoms with E-state index in [1.807, 2.05) is 12.3 Å². The predicted molar refractivity (Wildman–Crippen MR) is 66.6 cm³/mol. The van der Waals surface area contributed by atoms with E-state index in [0.717, 1.165) is 5.01 Å². The number of nitrogens with two attached hydrogens (primary N) is 1. The Hall–Kier alpha value is -1.46. The van der Waals surface area contributed by atoms with Gasteiger partial charge in [-0.2, -0.15) is 0 Å². The van der Waals surface area contributed by atoms with Crippen molar-refractivity contribution in [3.05, 3.63) is 34.4 Å². The van der Waals surface area contributed by atoms with Gasteiger partial charge in [-0.3, -0.25) is 0 Å². The third kappa shape index (κ3) is 2.62. The van der Waals surface area contributed by atoms with Crippen LogP contribution in [0.25, 0.3) is 11.3 Å². The molecule has 1 heterocycles. The predicted octanol–water partition coefficient (Wildman–Crippen LogP) is 2.81. The number of aromatic nitrogens is 1. The number of halogens is 1. The molecule has 0 atom stereocenters. The van der Waals surface area contributed by atoms with Gasteiger partial charge in [-0.25, -0.2) is 9.37 Å². The van der Waals surface area contributed by atoms with Gasteiger partial charge in [-0.1, -0.05) is 0 Å². The van der Waals surface area contributed by atoms with Crippen molar-refractivity contribution < 1.29 is 9.13 Å². The highest BCUT2D eigenvalue weighted by Gasteiger charge is 2.11. The van der Waals surface area contributed by atoms with Crippen LogP contribution in [0.15, 0.2) is 23.6 Å². The first kappa shape index (κ1) is 12.0.